The third kappa shape index (κ3) is 6.37. The van der Waals surface area contributed by atoms with Gasteiger partial charge < -0.3 is 9.47 Å². The van der Waals surface area contributed by atoms with E-state index in [-0.39, 0.29) is 0 Å². The van der Waals surface area contributed by atoms with Crippen molar-refractivity contribution < 1.29 is 0 Å². The first-order valence-corrected chi connectivity index (χ1v) is 21.2. The fourth-order valence-electron chi connectivity index (χ4n) is 9.52. The van der Waals surface area contributed by atoms with Crippen molar-refractivity contribution in [3.05, 3.63) is 223 Å². The lowest BCUT2D eigenvalue weighted by Crippen LogP contribution is -2.17. The second-order valence-electron chi connectivity index (χ2n) is 16.1. The molecule has 60 heavy (non-hydrogen) atoms. The molecule has 2 unspecified atom stereocenters. The maximum absolute atomic E-state index is 2.41. The molecule has 1 heterocycles. The number of para-hydroxylation sites is 2. The lowest BCUT2D eigenvalue weighted by atomic mass is 9.75. The van der Waals surface area contributed by atoms with Crippen molar-refractivity contribution in [1.29, 1.82) is 0 Å². The predicted octanol–water partition coefficient (Wildman–Crippen LogP) is 16.3. The van der Waals surface area contributed by atoms with Crippen molar-refractivity contribution in [3.8, 4) is 16.8 Å². The summed E-state index contributed by atoms with van der Waals surface area (Å²) < 4.78 is 2.40. The summed E-state index contributed by atoms with van der Waals surface area (Å²) in [5, 5.41) is 7.56. The molecule has 2 atom stereocenters. The number of anilines is 3. The molecule has 0 bridgehead atoms. The van der Waals surface area contributed by atoms with Crippen molar-refractivity contribution in [3.63, 3.8) is 0 Å². The third-order valence-corrected chi connectivity index (χ3v) is 12.7. The molecule has 0 N–H and O–H groups in total. The number of fused-ring (bicyclic) bond motifs is 6. The van der Waals surface area contributed by atoms with Crippen LogP contribution in [0.1, 0.15) is 33.3 Å². The van der Waals surface area contributed by atoms with Crippen LogP contribution in [0.25, 0.3) is 65.7 Å². The smallest absolute Gasteiger partial charge is 0.0561 e. The van der Waals surface area contributed by atoms with Gasteiger partial charge in [0.1, 0.15) is 0 Å². The first-order chi connectivity index (χ1) is 29.5. The molecule has 1 aromatic heterocycles. The highest BCUT2D eigenvalue weighted by atomic mass is 15.1. The Balaban J connectivity index is 1.14. The van der Waals surface area contributed by atoms with Gasteiger partial charge in [0.15, 0.2) is 0 Å². The quantitative estimate of drug-likeness (QED) is 0.140. The normalized spacial score (nSPS) is 15.9. The van der Waals surface area contributed by atoms with Gasteiger partial charge in [-0.05, 0) is 141 Å². The maximum atomic E-state index is 2.41. The topological polar surface area (TPSA) is 8.17 Å². The van der Waals surface area contributed by atoms with E-state index in [2.05, 4.69) is 243 Å². The van der Waals surface area contributed by atoms with Crippen molar-refractivity contribution in [2.24, 2.45) is 11.8 Å². The van der Waals surface area contributed by atoms with E-state index in [1.807, 2.05) is 0 Å². The molecule has 0 saturated heterocycles. The lowest BCUT2D eigenvalue weighted by molar-refractivity contribution is 0.516. The Labute approximate surface area is 353 Å². The summed E-state index contributed by atoms with van der Waals surface area (Å²) in [5.41, 5.74) is 14.6. The average molecular weight is 773 g/mol. The third-order valence-electron chi connectivity index (χ3n) is 12.7. The van der Waals surface area contributed by atoms with Crippen molar-refractivity contribution in [1.82, 2.24) is 4.57 Å². The first-order valence-electron chi connectivity index (χ1n) is 21.2. The van der Waals surface area contributed by atoms with Gasteiger partial charge in [0.05, 0.1) is 11.0 Å². The van der Waals surface area contributed by atoms with E-state index >= 15 is 0 Å². The number of hydrogen-bond donors (Lipinski definition) is 0. The minimum atomic E-state index is 0.407. The van der Waals surface area contributed by atoms with Crippen LogP contribution in [0, 0.1) is 11.8 Å². The molecular formula is C58H48N2. The van der Waals surface area contributed by atoms with E-state index in [0.29, 0.717) is 11.8 Å². The molecule has 0 saturated carbocycles. The number of benzene rings is 8. The number of allylic oxidation sites excluding steroid dienone is 8. The Morgan fingerprint density at radius 1 is 0.467 bits per heavy atom. The van der Waals surface area contributed by atoms with Gasteiger partial charge in [-0.3, -0.25) is 0 Å². The summed E-state index contributed by atoms with van der Waals surface area (Å²) in [6, 6.07) is 64.6. The van der Waals surface area contributed by atoms with E-state index in [0.717, 1.165) is 22.7 Å². The highest BCUT2D eigenvalue weighted by molar-refractivity contribution is 6.14. The molecule has 10 rings (SSSR count). The van der Waals surface area contributed by atoms with Crippen LogP contribution in [0.5, 0.6) is 0 Å². The summed E-state index contributed by atoms with van der Waals surface area (Å²) in [6.45, 7) is 8.94. The number of rotatable bonds is 8. The molecule has 1 aliphatic rings. The minimum absolute atomic E-state index is 0.407. The first kappa shape index (κ1) is 37.1. The maximum Gasteiger partial charge on any atom is 0.0561 e. The highest BCUT2D eigenvalue weighted by Crippen LogP contribution is 2.44. The van der Waals surface area contributed by atoms with Crippen molar-refractivity contribution >= 4 is 66.0 Å². The molecular weight excluding hydrogens is 725 g/mol. The van der Waals surface area contributed by atoms with E-state index in [1.165, 1.54) is 76.8 Å². The second kappa shape index (κ2) is 15.5. The number of hydrogen-bond acceptors (Lipinski definition) is 1. The zero-order chi connectivity index (χ0) is 40.7. The van der Waals surface area contributed by atoms with E-state index in [1.54, 1.807) is 0 Å². The number of nitrogens with zero attached hydrogens (tertiary/aromatic N) is 2. The van der Waals surface area contributed by atoms with Gasteiger partial charge in [0.2, 0.25) is 0 Å². The Hall–Kier alpha value is -7.16. The van der Waals surface area contributed by atoms with Gasteiger partial charge in [0.25, 0.3) is 0 Å². The molecule has 0 amide bonds. The van der Waals surface area contributed by atoms with E-state index in [9.17, 15) is 0 Å². The van der Waals surface area contributed by atoms with Crippen LogP contribution in [-0.4, -0.2) is 4.57 Å². The van der Waals surface area contributed by atoms with Crippen LogP contribution in [0.4, 0.5) is 17.1 Å². The predicted molar refractivity (Wildman–Crippen MR) is 259 cm³/mol. The summed E-state index contributed by atoms with van der Waals surface area (Å²) >= 11 is 0. The molecule has 2 nitrogen and oxygen atoms in total. The Morgan fingerprint density at radius 3 is 1.77 bits per heavy atom. The molecule has 9 aromatic rings. The van der Waals surface area contributed by atoms with Crippen LogP contribution in [0.3, 0.4) is 0 Å². The zero-order valence-corrected chi connectivity index (χ0v) is 34.7. The van der Waals surface area contributed by atoms with Crippen LogP contribution >= 0.6 is 0 Å². The van der Waals surface area contributed by atoms with Gasteiger partial charge in [-0.15, -0.1) is 0 Å². The van der Waals surface area contributed by atoms with Crippen LogP contribution < -0.4 is 4.90 Å². The SMILES string of the molecule is C/C=C\C1=CC(c2ccc(N(c3ccc(-c4cc5ccccc5c5ccccc45)cc3)c3ccc4c5ccccc5n(-c5ccccc5)c4c3)cc2)=C(/C=C\C)C(C)C1C. The highest BCUT2D eigenvalue weighted by Gasteiger charge is 2.26. The van der Waals surface area contributed by atoms with E-state index < -0.39 is 0 Å². The lowest BCUT2D eigenvalue weighted by Gasteiger charge is -2.30. The Kier molecular flexibility index (Phi) is 9.62. The van der Waals surface area contributed by atoms with Crippen molar-refractivity contribution in [2.75, 3.05) is 4.90 Å². The second-order valence-corrected chi connectivity index (χ2v) is 16.1. The monoisotopic (exact) mass is 772 g/mol. The van der Waals surface area contributed by atoms with E-state index in [4.69, 9.17) is 0 Å². The largest absolute Gasteiger partial charge is 0.310 e. The van der Waals surface area contributed by atoms with Crippen LogP contribution in [0.15, 0.2) is 217 Å². The van der Waals surface area contributed by atoms with Crippen molar-refractivity contribution in [2.45, 2.75) is 27.7 Å². The summed E-state index contributed by atoms with van der Waals surface area (Å²) in [4.78, 5) is 2.41. The molecule has 0 spiro atoms. The van der Waals surface area contributed by atoms with Crippen LogP contribution in [-0.2, 0) is 0 Å². The molecule has 1 aliphatic carbocycles. The fourth-order valence-corrected chi connectivity index (χ4v) is 9.52. The average Bonchev–Trinajstić information content (AvgIpc) is 3.63. The van der Waals surface area contributed by atoms with Crippen LogP contribution in [0.2, 0.25) is 0 Å². The fraction of sp³-hybridized carbons (Fsp3) is 0.103. The van der Waals surface area contributed by atoms with Gasteiger partial charge in [-0.25, -0.2) is 0 Å². The molecule has 0 aliphatic heterocycles. The summed E-state index contributed by atoms with van der Waals surface area (Å²) in [5.74, 6) is 0.854. The Morgan fingerprint density at radius 2 is 1.05 bits per heavy atom. The number of aromatic nitrogens is 1. The molecule has 0 radical (unpaired) electrons. The summed E-state index contributed by atoms with van der Waals surface area (Å²) in [7, 11) is 0. The molecule has 290 valence electrons. The molecule has 2 heteroatoms. The summed E-state index contributed by atoms with van der Waals surface area (Å²) in [6.07, 6.45) is 11.3. The molecule has 8 aromatic carbocycles. The molecule has 0 fully saturated rings. The standard InChI is InChI=1S/C58H48N2/c1-5-16-43-36-55(49(17-6-2)40(4)39(43)3)41-26-30-46(31-27-41)59(48-34-35-54-53-24-14-15-25-57(53)60(58(54)38-48)45-19-8-7-9-20-45)47-32-28-42(29-33-47)56-37-44-18-10-11-21-50(44)51-22-12-13-23-52(51)56/h5-40H,1-4H3/b16-5-,17-6-. The van der Waals surface area contributed by atoms with Gasteiger partial charge in [-0.1, -0.05) is 159 Å². The minimum Gasteiger partial charge on any atom is -0.310 e. The Bertz CT molecular complexity index is 3170. The van der Waals surface area contributed by atoms with Gasteiger partial charge in [-0.2, -0.15) is 0 Å². The zero-order valence-electron chi connectivity index (χ0n) is 34.7. The van der Waals surface area contributed by atoms with Gasteiger partial charge in [0, 0.05) is 33.5 Å². The van der Waals surface area contributed by atoms with Gasteiger partial charge >= 0.3 is 0 Å².